The zero-order chi connectivity index (χ0) is 38.4. The molecule has 2 aliphatic rings. The van der Waals surface area contributed by atoms with E-state index in [1.807, 2.05) is 0 Å². The van der Waals surface area contributed by atoms with Crippen LogP contribution in [0.1, 0.15) is 61.2 Å². The van der Waals surface area contributed by atoms with E-state index in [4.69, 9.17) is 8.37 Å². The molecule has 274 valence electrons. The highest BCUT2D eigenvalue weighted by Crippen LogP contribution is 2.54. The molecule has 4 N–H and O–H groups in total. The average molecular weight is 763 g/mol. The second-order valence-electron chi connectivity index (χ2n) is 13.8. The summed E-state index contributed by atoms with van der Waals surface area (Å²) in [6.07, 6.45) is -0.121. The van der Waals surface area contributed by atoms with Gasteiger partial charge in [-0.15, -0.1) is 0 Å². The molecule has 2 aliphatic heterocycles. The molecule has 0 saturated heterocycles. The van der Waals surface area contributed by atoms with E-state index in [9.17, 15) is 37.3 Å². The third-order valence-electron chi connectivity index (χ3n) is 10.4. The van der Waals surface area contributed by atoms with Crippen molar-refractivity contribution in [2.75, 3.05) is 0 Å². The van der Waals surface area contributed by atoms with Gasteiger partial charge in [0.05, 0.1) is 0 Å². The van der Waals surface area contributed by atoms with Crippen LogP contribution in [0.15, 0.2) is 125 Å². The van der Waals surface area contributed by atoms with Crippen LogP contribution in [0.2, 0.25) is 0 Å². The standard InChI is InChI=1S/C42H34O10S2/c1-24-19-29(11-15-35(24)43)41(33-8-4-5-10-39(33)53(47,48)51-41)32-14-18-38(46)28(23-32)22-27-7-6-9-34-40(27)54(49,50)52-42(34,30-12-16-36(44)25(2)20-30)31-13-17-37(45)26(3)21-31/h4-21,23,43-46H,22H2,1-3H3. The van der Waals surface area contributed by atoms with E-state index in [2.05, 4.69) is 0 Å². The first-order valence-electron chi connectivity index (χ1n) is 16.9. The van der Waals surface area contributed by atoms with Crippen LogP contribution >= 0.6 is 0 Å². The molecule has 2 heterocycles. The molecule has 6 aromatic rings. The van der Waals surface area contributed by atoms with Gasteiger partial charge in [-0.3, -0.25) is 0 Å². The van der Waals surface area contributed by atoms with Gasteiger partial charge in [0, 0.05) is 17.5 Å². The summed E-state index contributed by atoms with van der Waals surface area (Å²) in [5, 5.41) is 42.4. The van der Waals surface area contributed by atoms with E-state index in [-0.39, 0.29) is 44.8 Å². The first kappa shape index (κ1) is 35.4. The lowest BCUT2D eigenvalue weighted by atomic mass is 9.78. The zero-order valence-corrected chi connectivity index (χ0v) is 30.9. The van der Waals surface area contributed by atoms with Crippen LogP contribution in [-0.2, 0) is 46.2 Å². The van der Waals surface area contributed by atoms with Crippen molar-refractivity contribution in [3.8, 4) is 23.0 Å². The summed E-state index contributed by atoms with van der Waals surface area (Å²) < 4.78 is 67.9. The van der Waals surface area contributed by atoms with Crippen LogP contribution in [0.3, 0.4) is 0 Å². The van der Waals surface area contributed by atoms with Gasteiger partial charge >= 0.3 is 0 Å². The predicted molar refractivity (Wildman–Crippen MR) is 199 cm³/mol. The first-order chi connectivity index (χ1) is 25.6. The smallest absolute Gasteiger partial charge is 0.299 e. The van der Waals surface area contributed by atoms with E-state index < -0.39 is 31.4 Å². The van der Waals surface area contributed by atoms with E-state index in [0.29, 0.717) is 55.6 Å². The Balaban J connectivity index is 1.33. The maximum absolute atomic E-state index is 14.3. The molecule has 0 saturated carbocycles. The van der Waals surface area contributed by atoms with Gasteiger partial charge in [-0.2, -0.15) is 16.8 Å². The number of fused-ring (bicyclic) bond motifs is 2. The minimum absolute atomic E-state index is 0.0109. The lowest BCUT2D eigenvalue weighted by Crippen LogP contribution is -2.30. The molecule has 8 rings (SSSR count). The van der Waals surface area contributed by atoms with Crippen LogP contribution in [0.5, 0.6) is 23.0 Å². The highest BCUT2D eigenvalue weighted by molar-refractivity contribution is 7.87. The summed E-state index contributed by atoms with van der Waals surface area (Å²) in [5.41, 5.74) is 0.849. The summed E-state index contributed by atoms with van der Waals surface area (Å²) >= 11 is 0. The van der Waals surface area contributed by atoms with E-state index in [1.54, 1.807) is 106 Å². The molecule has 10 nitrogen and oxygen atoms in total. The number of hydrogen-bond acceptors (Lipinski definition) is 10. The fraction of sp³-hybridized carbons (Fsp3) is 0.143. The second kappa shape index (κ2) is 12.2. The van der Waals surface area contributed by atoms with Crippen LogP contribution in [0.4, 0.5) is 0 Å². The topological polar surface area (TPSA) is 168 Å². The lowest BCUT2D eigenvalue weighted by Gasteiger charge is -2.30. The van der Waals surface area contributed by atoms with Gasteiger partial charge in [-0.25, -0.2) is 8.37 Å². The van der Waals surface area contributed by atoms with Crippen molar-refractivity contribution >= 4 is 20.2 Å². The molecule has 6 aromatic carbocycles. The maximum Gasteiger partial charge on any atom is 0.299 e. The number of benzene rings is 6. The van der Waals surface area contributed by atoms with Crippen molar-refractivity contribution in [1.29, 1.82) is 0 Å². The number of phenolic OH excluding ortho intramolecular Hbond substituents is 4. The summed E-state index contributed by atoms with van der Waals surface area (Å²) in [5.74, 6) is -0.129. The Morgan fingerprint density at radius 1 is 0.481 bits per heavy atom. The third-order valence-corrected chi connectivity index (χ3v) is 13.2. The highest BCUT2D eigenvalue weighted by atomic mass is 32.2. The fourth-order valence-electron chi connectivity index (χ4n) is 7.70. The van der Waals surface area contributed by atoms with E-state index in [1.165, 1.54) is 30.3 Å². The zero-order valence-electron chi connectivity index (χ0n) is 29.2. The number of hydrogen-bond donors (Lipinski definition) is 4. The van der Waals surface area contributed by atoms with E-state index in [0.717, 1.165) is 0 Å². The van der Waals surface area contributed by atoms with Crippen molar-refractivity contribution in [2.45, 2.75) is 48.2 Å². The van der Waals surface area contributed by atoms with Crippen LogP contribution in [0, 0.1) is 20.8 Å². The van der Waals surface area contributed by atoms with Crippen molar-refractivity contribution in [3.63, 3.8) is 0 Å². The molecule has 0 radical (unpaired) electrons. The minimum Gasteiger partial charge on any atom is -0.508 e. The molecule has 1 unspecified atom stereocenters. The first-order valence-corrected chi connectivity index (χ1v) is 19.8. The largest absolute Gasteiger partial charge is 0.508 e. The normalized spacial score (nSPS) is 18.9. The number of phenols is 4. The van der Waals surface area contributed by atoms with Crippen LogP contribution < -0.4 is 0 Å². The summed E-state index contributed by atoms with van der Waals surface area (Å²) in [7, 11) is -8.77. The Morgan fingerprint density at radius 3 is 1.46 bits per heavy atom. The third kappa shape index (κ3) is 5.20. The molecule has 0 fully saturated rings. The van der Waals surface area contributed by atoms with Crippen LogP contribution in [-0.4, -0.2) is 37.3 Å². The van der Waals surface area contributed by atoms with Gasteiger partial charge in [0.25, 0.3) is 20.2 Å². The maximum atomic E-state index is 14.3. The molecule has 0 aliphatic carbocycles. The van der Waals surface area contributed by atoms with Gasteiger partial charge in [0.15, 0.2) is 11.2 Å². The Labute approximate surface area is 312 Å². The quantitative estimate of drug-likeness (QED) is 0.129. The molecule has 0 aromatic heterocycles. The molecule has 0 spiro atoms. The number of rotatable bonds is 6. The highest BCUT2D eigenvalue weighted by Gasteiger charge is 2.53. The molecule has 54 heavy (non-hydrogen) atoms. The van der Waals surface area contributed by atoms with Gasteiger partial charge in [-0.1, -0.05) is 60.7 Å². The van der Waals surface area contributed by atoms with E-state index >= 15 is 0 Å². The van der Waals surface area contributed by atoms with Gasteiger partial charge in [0.1, 0.15) is 32.8 Å². The SMILES string of the molecule is Cc1cc(C2(c3ccc(O)c(Cc4cccc5c4S(=O)(=O)OC5(c4ccc(O)c(C)c4)c4ccc(O)c(C)c4)c3)OS(=O)(=O)c3ccccc32)ccc1O. The average Bonchev–Trinajstić information content (AvgIpc) is 3.54. The Morgan fingerprint density at radius 2 is 0.926 bits per heavy atom. The van der Waals surface area contributed by atoms with Crippen molar-refractivity contribution in [1.82, 2.24) is 0 Å². The van der Waals surface area contributed by atoms with Gasteiger partial charge in [-0.05, 0) is 125 Å². The van der Waals surface area contributed by atoms with Gasteiger partial charge in [0.2, 0.25) is 0 Å². The fourth-order valence-corrected chi connectivity index (χ4v) is 10.8. The predicted octanol–water partition coefficient (Wildman–Crippen LogP) is 7.05. The molecule has 0 bridgehead atoms. The molecular formula is C42H34O10S2. The number of aromatic hydroxyl groups is 4. The molecule has 1 atom stereocenters. The molecular weight excluding hydrogens is 729 g/mol. The molecule has 0 amide bonds. The minimum atomic E-state index is -4.50. The second-order valence-corrected chi connectivity index (χ2v) is 16.7. The van der Waals surface area contributed by atoms with Crippen LogP contribution in [0.25, 0.3) is 0 Å². The van der Waals surface area contributed by atoms with Crippen molar-refractivity contribution in [3.05, 3.63) is 176 Å². The molecule has 12 heteroatoms. The van der Waals surface area contributed by atoms with Gasteiger partial charge < -0.3 is 20.4 Å². The van der Waals surface area contributed by atoms with Crippen molar-refractivity contribution < 1.29 is 45.6 Å². The Bertz CT molecular complexity index is 2720. The summed E-state index contributed by atoms with van der Waals surface area (Å²) in [4.78, 5) is -0.139. The Hall–Kier alpha value is -5.66. The monoisotopic (exact) mass is 762 g/mol. The summed E-state index contributed by atoms with van der Waals surface area (Å²) in [6, 6.07) is 30.0. The Kier molecular flexibility index (Phi) is 7.98. The summed E-state index contributed by atoms with van der Waals surface area (Å²) in [6.45, 7) is 5.06. The van der Waals surface area contributed by atoms with Crippen molar-refractivity contribution in [2.24, 2.45) is 0 Å². The number of aryl methyl sites for hydroxylation is 3. The lowest BCUT2D eigenvalue weighted by molar-refractivity contribution is 0.179.